The SMILES string of the molecule is Cc1cc(NCCc2ccccc2)nn1C.Cl. The number of nitrogens with one attached hydrogen (secondary N) is 1. The first-order valence-electron chi connectivity index (χ1n) is 5.54. The van der Waals surface area contributed by atoms with E-state index in [2.05, 4.69) is 47.7 Å². The Morgan fingerprint density at radius 1 is 1.24 bits per heavy atom. The zero-order chi connectivity index (χ0) is 11.4. The second kappa shape index (κ2) is 6.30. The number of anilines is 1. The van der Waals surface area contributed by atoms with Gasteiger partial charge in [-0.1, -0.05) is 30.3 Å². The molecule has 0 unspecified atom stereocenters. The fourth-order valence-electron chi connectivity index (χ4n) is 1.63. The van der Waals surface area contributed by atoms with Crippen molar-refractivity contribution in [2.75, 3.05) is 11.9 Å². The third-order valence-corrected chi connectivity index (χ3v) is 2.68. The highest BCUT2D eigenvalue weighted by Gasteiger charge is 1.99. The van der Waals surface area contributed by atoms with Crippen LogP contribution in [0.4, 0.5) is 5.82 Å². The molecular weight excluding hydrogens is 234 g/mol. The van der Waals surface area contributed by atoms with Crippen LogP contribution in [0.2, 0.25) is 0 Å². The molecule has 1 aromatic heterocycles. The van der Waals surface area contributed by atoms with Gasteiger partial charge in [-0.05, 0) is 18.9 Å². The lowest BCUT2D eigenvalue weighted by Gasteiger charge is -2.02. The smallest absolute Gasteiger partial charge is 0.148 e. The summed E-state index contributed by atoms with van der Waals surface area (Å²) in [6.07, 6.45) is 1.02. The molecule has 0 spiro atoms. The second-order valence-corrected chi connectivity index (χ2v) is 3.96. The van der Waals surface area contributed by atoms with E-state index in [0.717, 1.165) is 18.8 Å². The Labute approximate surface area is 108 Å². The van der Waals surface area contributed by atoms with E-state index in [1.54, 1.807) is 0 Å². The number of aromatic nitrogens is 2. The highest BCUT2D eigenvalue weighted by atomic mass is 35.5. The summed E-state index contributed by atoms with van der Waals surface area (Å²) < 4.78 is 1.88. The van der Waals surface area contributed by atoms with Crippen LogP contribution in [0.5, 0.6) is 0 Å². The van der Waals surface area contributed by atoms with Gasteiger partial charge in [-0.2, -0.15) is 5.10 Å². The molecule has 0 saturated heterocycles. The summed E-state index contributed by atoms with van der Waals surface area (Å²) in [5.41, 5.74) is 2.52. The molecule has 0 amide bonds. The van der Waals surface area contributed by atoms with E-state index in [9.17, 15) is 0 Å². The maximum atomic E-state index is 4.35. The number of hydrogen-bond donors (Lipinski definition) is 1. The van der Waals surface area contributed by atoms with E-state index in [-0.39, 0.29) is 12.4 Å². The van der Waals surface area contributed by atoms with Crippen molar-refractivity contribution < 1.29 is 0 Å². The standard InChI is InChI=1S/C13H17N3.ClH/c1-11-10-13(15-16(11)2)14-9-8-12-6-4-3-5-7-12;/h3-7,10H,8-9H2,1-2H3,(H,14,15);1H. The highest BCUT2D eigenvalue weighted by Crippen LogP contribution is 2.07. The van der Waals surface area contributed by atoms with E-state index < -0.39 is 0 Å². The molecule has 0 bridgehead atoms. The maximum Gasteiger partial charge on any atom is 0.148 e. The average Bonchev–Trinajstić information content (AvgIpc) is 2.60. The molecule has 0 aliphatic heterocycles. The van der Waals surface area contributed by atoms with Gasteiger partial charge in [0, 0.05) is 25.4 Å². The van der Waals surface area contributed by atoms with Gasteiger partial charge in [0.05, 0.1) is 0 Å². The van der Waals surface area contributed by atoms with Crippen LogP contribution in [0, 0.1) is 6.92 Å². The first-order chi connectivity index (χ1) is 7.75. The molecule has 1 aromatic carbocycles. The monoisotopic (exact) mass is 251 g/mol. The van der Waals surface area contributed by atoms with Gasteiger partial charge in [0.1, 0.15) is 5.82 Å². The van der Waals surface area contributed by atoms with Crippen LogP contribution in [-0.2, 0) is 13.5 Å². The van der Waals surface area contributed by atoms with E-state index in [1.165, 1.54) is 11.3 Å². The first kappa shape index (κ1) is 13.6. The van der Waals surface area contributed by atoms with Crippen molar-refractivity contribution in [2.45, 2.75) is 13.3 Å². The molecule has 17 heavy (non-hydrogen) atoms. The van der Waals surface area contributed by atoms with Crippen LogP contribution in [0.15, 0.2) is 36.4 Å². The van der Waals surface area contributed by atoms with Gasteiger partial charge in [0.15, 0.2) is 0 Å². The minimum Gasteiger partial charge on any atom is -0.368 e. The lowest BCUT2D eigenvalue weighted by molar-refractivity contribution is 0.740. The Hall–Kier alpha value is -1.48. The van der Waals surface area contributed by atoms with E-state index in [1.807, 2.05) is 17.8 Å². The van der Waals surface area contributed by atoms with Crippen molar-refractivity contribution in [2.24, 2.45) is 7.05 Å². The molecule has 0 fully saturated rings. The van der Waals surface area contributed by atoms with Crippen molar-refractivity contribution in [3.8, 4) is 0 Å². The summed E-state index contributed by atoms with van der Waals surface area (Å²) in [7, 11) is 1.96. The summed E-state index contributed by atoms with van der Waals surface area (Å²) in [4.78, 5) is 0. The summed E-state index contributed by atoms with van der Waals surface area (Å²) in [6, 6.07) is 12.5. The van der Waals surface area contributed by atoms with Crippen molar-refractivity contribution in [3.05, 3.63) is 47.7 Å². The molecule has 1 N–H and O–H groups in total. The van der Waals surface area contributed by atoms with Crippen molar-refractivity contribution in [3.63, 3.8) is 0 Å². The summed E-state index contributed by atoms with van der Waals surface area (Å²) in [6.45, 7) is 2.97. The van der Waals surface area contributed by atoms with Crippen molar-refractivity contribution in [1.82, 2.24) is 9.78 Å². The topological polar surface area (TPSA) is 29.9 Å². The van der Waals surface area contributed by atoms with Gasteiger partial charge in [0.2, 0.25) is 0 Å². The Balaban J connectivity index is 0.00000144. The third-order valence-electron chi connectivity index (χ3n) is 2.68. The van der Waals surface area contributed by atoms with Gasteiger partial charge in [0.25, 0.3) is 0 Å². The Bertz CT molecular complexity index is 431. The minimum absolute atomic E-state index is 0. The van der Waals surface area contributed by atoms with Crippen LogP contribution in [-0.4, -0.2) is 16.3 Å². The van der Waals surface area contributed by atoms with Crippen LogP contribution in [0.25, 0.3) is 0 Å². The lowest BCUT2D eigenvalue weighted by atomic mass is 10.1. The molecular formula is C13H18ClN3. The van der Waals surface area contributed by atoms with Gasteiger partial charge in [-0.15, -0.1) is 12.4 Å². The van der Waals surface area contributed by atoms with E-state index in [4.69, 9.17) is 0 Å². The largest absolute Gasteiger partial charge is 0.368 e. The van der Waals surface area contributed by atoms with Crippen LogP contribution in [0.1, 0.15) is 11.3 Å². The average molecular weight is 252 g/mol. The third kappa shape index (κ3) is 3.79. The molecule has 0 saturated carbocycles. The Morgan fingerprint density at radius 2 is 1.94 bits per heavy atom. The zero-order valence-electron chi connectivity index (χ0n) is 10.2. The van der Waals surface area contributed by atoms with Crippen molar-refractivity contribution >= 4 is 18.2 Å². The lowest BCUT2D eigenvalue weighted by Crippen LogP contribution is -2.05. The van der Waals surface area contributed by atoms with Crippen LogP contribution in [0.3, 0.4) is 0 Å². The predicted octanol–water partition coefficient (Wildman–Crippen LogP) is 2.80. The Morgan fingerprint density at radius 3 is 2.53 bits per heavy atom. The summed E-state index contributed by atoms with van der Waals surface area (Å²) >= 11 is 0. The van der Waals surface area contributed by atoms with Crippen LogP contribution >= 0.6 is 12.4 Å². The van der Waals surface area contributed by atoms with Gasteiger partial charge < -0.3 is 5.32 Å². The van der Waals surface area contributed by atoms with Crippen LogP contribution < -0.4 is 5.32 Å². The molecule has 1 heterocycles. The molecule has 0 radical (unpaired) electrons. The summed E-state index contributed by atoms with van der Waals surface area (Å²) in [5, 5.41) is 7.67. The Kier molecular flexibility index (Phi) is 5.04. The molecule has 0 atom stereocenters. The van der Waals surface area contributed by atoms with E-state index in [0.29, 0.717) is 0 Å². The molecule has 0 aliphatic rings. The van der Waals surface area contributed by atoms with Gasteiger partial charge in [-0.3, -0.25) is 4.68 Å². The number of benzene rings is 1. The number of nitrogens with zero attached hydrogens (tertiary/aromatic N) is 2. The number of hydrogen-bond acceptors (Lipinski definition) is 2. The second-order valence-electron chi connectivity index (χ2n) is 3.96. The van der Waals surface area contributed by atoms with E-state index >= 15 is 0 Å². The number of rotatable bonds is 4. The van der Waals surface area contributed by atoms with Crippen molar-refractivity contribution in [1.29, 1.82) is 0 Å². The van der Waals surface area contributed by atoms with Gasteiger partial charge in [-0.25, -0.2) is 0 Å². The molecule has 2 rings (SSSR count). The maximum absolute atomic E-state index is 4.35. The first-order valence-corrected chi connectivity index (χ1v) is 5.54. The molecule has 92 valence electrons. The quantitative estimate of drug-likeness (QED) is 0.906. The number of aryl methyl sites for hydroxylation is 2. The highest BCUT2D eigenvalue weighted by molar-refractivity contribution is 5.85. The predicted molar refractivity (Wildman–Crippen MR) is 73.8 cm³/mol. The fourth-order valence-corrected chi connectivity index (χ4v) is 1.63. The number of halogens is 1. The normalized spacial score (nSPS) is 9.76. The molecule has 0 aliphatic carbocycles. The van der Waals surface area contributed by atoms with Gasteiger partial charge >= 0.3 is 0 Å². The fraction of sp³-hybridized carbons (Fsp3) is 0.308. The minimum atomic E-state index is 0. The molecule has 4 heteroatoms. The zero-order valence-corrected chi connectivity index (χ0v) is 11.0. The summed E-state index contributed by atoms with van der Waals surface area (Å²) in [5.74, 6) is 0.955. The molecule has 2 aromatic rings. The molecule has 3 nitrogen and oxygen atoms in total.